The summed E-state index contributed by atoms with van der Waals surface area (Å²) in [7, 11) is 0. The fourth-order valence-corrected chi connectivity index (χ4v) is 1.64. The number of carbonyl (C=O) groups excluding carboxylic acids is 1. The number of nitrogens with one attached hydrogen (secondary N) is 1. The molecule has 5 heteroatoms. The van der Waals surface area contributed by atoms with Crippen LogP contribution in [-0.2, 0) is 0 Å². The van der Waals surface area contributed by atoms with Gasteiger partial charge in [-0.3, -0.25) is 4.79 Å². The van der Waals surface area contributed by atoms with Crippen LogP contribution in [-0.4, -0.2) is 15.9 Å². The number of halogens is 1. The summed E-state index contributed by atoms with van der Waals surface area (Å²) in [5, 5.41) is 0.906. The van der Waals surface area contributed by atoms with Crippen molar-refractivity contribution >= 4 is 32.7 Å². The van der Waals surface area contributed by atoms with Gasteiger partial charge in [-0.1, -0.05) is 0 Å². The van der Waals surface area contributed by atoms with Crippen molar-refractivity contribution in [1.82, 2.24) is 9.97 Å². The van der Waals surface area contributed by atoms with Crippen LogP contribution >= 0.6 is 15.9 Å². The third kappa shape index (κ3) is 1.21. The Hall–Kier alpha value is -1.36. The van der Waals surface area contributed by atoms with E-state index in [0.29, 0.717) is 5.52 Å². The second kappa shape index (κ2) is 2.85. The molecule has 0 aliphatic heterocycles. The molecule has 0 atom stereocenters. The molecule has 13 heavy (non-hydrogen) atoms. The number of H-pyrrole nitrogens is 1. The minimum absolute atomic E-state index is 0.267. The summed E-state index contributed by atoms with van der Waals surface area (Å²) in [5.74, 6) is -0.528. The molecular weight excluding hydrogens is 234 g/mol. The van der Waals surface area contributed by atoms with E-state index in [9.17, 15) is 4.79 Å². The van der Waals surface area contributed by atoms with Crippen molar-refractivity contribution in [2.24, 2.45) is 5.73 Å². The van der Waals surface area contributed by atoms with Gasteiger partial charge in [0, 0.05) is 22.3 Å². The van der Waals surface area contributed by atoms with Crippen molar-refractivity contribution in [2.75, 3.05) is 0 Å². The highest BCUT2D eigenvalue weighted by atomic mass is 79.9. The van der Waals surface area contributed by atoms with Crippen molar-refractivity contribution in [2.45, 2.75) is 0 Å². The van der Waals surface area contributed by atoms with Crippen molar-refractivity contribution in [1.29, 1.82) is 0 Å². The summed E-state index contributed by atoms with van der Waals surface area (Å²) in [4.78, 5) is 17.8. The summed E-state index contributed by atoms with van der Waals surface area (Å²) in [6.45, 7) is 0. The van der Waals surface area contributed by atoms with Gasteiger partial charge in [0.1, 0.15) is 0 Å². The van der Waals surface area contributed by atoms with Crippen LogP contribution in [0.3, 0.4) is 0 Å². The SMILES string of the molecule is NC(=O)c1ncc(Br)c2cc[nH]c12. The van der Waals surface area contributed by atoms with Gasteiger partial charge in [0.25, 0.3) is 5.91 Å². The average molecular weight is 240 g/mol. The smallest absolute Gasteiger partial charge is 0.269 e. The van der Waals surface area contributed by atoms with Crippen LogP contribution in [0.1, 0.15) is 10.5 Å². The second-order valence-corrected chi connectivity index (χ2v) is 3.44. The highest BCUT2D eigenvalue weighted by molar-refractivity contribution is 9.10. The molecule has 0 fully saturated rings. The van der Waals surface area contributed by atoms with Gasteiger partial charge in [0.15, 0.2) is 5.69 Å². The summed E-state index contributed by atoms with van der Waals surface area (Å²) in [6, 6.07) is 1.85. The summed E-state index contributed by atoms with van der Waals surface area (Å²) >= 11 is 3.32. The van der Waals surface area contributed by atoms with Gasteiger partial charge in [0.05, 0.1) is 5.52 Å². The topological polar surface area (TPSA) is 71.8 Å². The largest absolute Gasteiger partial charge is 0.364 e. The standard InChI is InChI=1S/C8H6BrN3O/c9-5-3-12-7(8(10)13)6-4(5)1-2-11-6/h1-3,11H,(H2,10,13). The van der Waals surface area contributed by atoms with E-state index in [4.69, 9.17) is 5.73 Å². The van der Waals surface area contributed by atoms with Crippen LogP contribution < -0.4 is 5.73 Å². The molecule has 0 saturated carbocycles. The predicted molar refractivity (Wildman–Crippen MR) is 52.3 cm³/mol. The lowest BCUT2D eigenvalue weighted by atomic mass is 10.2. The van der Waals surface area contributed by atoms with Crippen LogP contribution in [0, 0.1) is 0 Å². The molecule has 3 N–H and O–H groups in total. The average Bonchev–Trinajstić information content (AvgIpc) is 2.53. The zero-order valence-electron chi connectivity index (χ0n) is 6.54. The Balaban J connectivity index is 2.86. The van der Waals surface area contributed by atoms with Crippen LogP contribution in [0.25, 0.3) is 10.9 Å². The molecular formula is C8H6BrN3O. The lowest BCUT2D eigenvalue weighted by Gasteiger charge is -1.98. The zero-order valence-corrected chi connectivity index (χ0v) is 8.13. The minimum atomic E-state index is -0.528. The number of hydrogen-bond donors (Lipinski definition) is 2. The highest BCUT2D eigenvalue weighted by Crippen LogP contribution is 2.23. The van der Waals surface area contributed by atoms with E-state index >= 15 is 0 Å². The fraction of sp³-hybridized carbons (Fsp3) is 0. The number of fused-ring (bicyclic) bond motifs is 1. The first-order valence-electron chi connectivity index (χ1n) is 3.61. The van der Waals surface area contributed by atoms with Crippen molar-refractivity contribution in [3.8, 4) is 0 Å². The lowest BCUT2D eigenvalue weighted by molar-refractivity contribution is 0.0997. The number of carbonyl (C=O) groups is 1. The maximum atomic E-state index is 10.9. The van der Waals surface area contributed by atoms with Crippen LogP contribution in [0.5, 0.6) is 0 Å². The van der Waals surface area contributed by atoms with Gasteiger partial charge in [0.2, 0.25) is 0 Å². The fourth-order valence-electron chi connectivity index (χ4n) is 1.21. The molecule has 0 aromatic carbocycles. The van der Waals surface area contributed by atoms with Crippen molar-refractivity contribution in [3.63, 3.8) is 0 Å². The van der Waals surface area contributed by atoms with Gasteiger partial charge in [-0.25, -0.2) is 4.98 Å². The number of aromatic amines is 1. The molecule has 0 aliphatic carbocycles. The van der Waals surface area contributed by atoms with E-state index in [-0.39, 0.29) is 5.69 Å². The molecule has 4 nitrogen and oxygen atoms in total. The molecule has 0 spiro atoms. The van der Waals surface area contributed by atoms with Crippen LogP contribution in [0.2, 0.25) is 0 Å². The molecule has 1 amide bonds. The Morgan fingerprint density at radius 1 is 1.62 bits per heavy atom. The van der Waals surface area contributed by atoms with E-state index in [1.165, 1.54) is 0 Å². The molecule has 0 radical (unpaired) electrons. The molecule has 0 unspecified atom stereocenters. The van der Waals surface area contributed by atoms with Gasteiger partial charge >= 0.3 is 0 Å². The van der Waals surface area contributed by atoms with E-state index in [1.807, 2.05) is 6.07 Å². The first kappa shape index (κ1) is 8.25. The van der Waals surface area contributed by atoms with E-state index < -0.39 is 5.91 Å². The molecule has 2 heterocycles. The van der Waals surface area contributed by atoms with Crippen molar-refractivity contribution < 1.29 is 4.79 Å². The van der Waals surface area contributed by atoms with Crippen molar-refractivity contribution in [3.05, 3.63) is 28.6 Å². The number of primary amides is 1. The summed E-state index contributed by atoms with van der Waals surface area (Å²) in [5.41, 5.74) is 6.09. The summed E-state index contributed by atoms with van der Waals surface area (Å²) < 4.78 is 0.841. The van der Waals surface area contributed by atoms with Gasteiger partial charge < -0.3 is 10.7 Å². The maximum absolute atomic E-state index is 10.9. The second-order valence-electron chi connectivity index (χ2n) is 2.59. The number of pyridine rings is 1. The number of rotatable bonds is 1. The Morgan fingerprint density at radius 3 is 3.08 bits per heavy atom. The van der Waals surface area contributed by atoms with E-state index in [1.54, 1.807) is 12.4 Å². The monoisotopic (exact) mass is 239 g/mol. The Kier molecular flexibility index (Phi) is 1.81. The van der Waals surface area contributed by atoms with E-state index in [0.717, 1.165) is 9.86 Å². The number of nitrogens with zero attached hydrogens (tertiary/aromatic N) is 1. The zero-order chi connectivity index (χ0) is 9.42. The third-order valence-electron chi connectivity index (χ3n) is 1.78. The summed E-state index contributed by atoms with van der Waals surface area (Å²) in [6.07, 6.45) is 3.31. The maximum Gasteiger partial charge on any atom is 0.269 e. The highest BCUT2D eigenvalue weighted by Gasteiger charge is 2.10. The first-order chi connectivity index (χ1) is 6.20. The van der Waals surface area contributed by atoms with Gasteiger partial charge in [-0.2, -0.15) is 0 Å². The van der Waals surface area contributed by atoms with Crippen LogP contribution in [0.15, 0.2) is 22.9 Å². The predicted octanol–water partition coefficient (Wildman–Crippen LogP) is 1.42. The molecule has 2 rings (SSSR count). The normalized spacial score (nSPS) is 10.5. The molecule has 0 bridgehead atoms. The Labute approximate surface area is 82.3 Å². The first-order valence-corrected chi connectivity index (χ1v) is 4.41. The Morgan fingerprint density at radius 2 is 2.38 bits per heavy atom. The quantitative estimate of drug-likeness (QED) is 0.791. The number of aromatic nitrogens is 2. The Bertz CT molecular complexity index is 477. The molecule has 66 valence electrons. The number of amides is 1. The number of hydrogen-bond acceptors (Lipinski definition) is 2. The van der Waals surface area contributed by atoms with Crippen LogP contribution in [0.4, 0.5) is 0 Å². The van der Waals surface area contributed by atoms with Gasteiger partial charge in [-0.15, -0.1) is 0 Å². The van der Waals surface area contributed by atoms with E-state index in [2.05, 4.69) is 25.9 Å². The molecule has 2 aromatic heterocycles. The third-order valence-corrected chi connectivity index (χ3v) is 2.41. The number of nitrogens with two attached hydrogens (primary N) is 1. The molecule has 0 saturated heterocycles. The minimum Gasteiger partial charge on any atom is -0.364 e. The lowest BCUT2D eigenvalue weighted by Crippen LogP contribution is -2.13. The molecule has 2 aromatic rings. The molecule has 0 aliphatic rings. The van der Waals surface area contributed by atoms with Gasteiger partial charge in [-0.05, 0) is 22.0 Å².